The lowest BCUT2D eigenvalue weighted by Gasteiger charge is -2.32. The van der Waals surface area contributed by atoms with Crippen LogP contribution in [0.3, 0.4) is 0 Å². The second-order valence-corrected chi connectivity index (χ2v) is 5.15. The summed E-state index contributed by atoms with van der Waals surface area (Å²) >= 11 is 0. The second-order valence-electron chi connectivity index (χ2n) is 5.15. The molecule has 0 aromatic carbocycles. The van der Waals surface area contributed by atoms with Gasteiger partial charge in [-0.3, -0.25) is 0 Å². The Morgan fingerprint density at radius 1 is 1.06 bits per heavy atom. The molecule has 3 nitrogen and oxygen atoms in total. The van der Waals surface area contributed by atoms with Crippen LogP contribution < -0.4 is 0 Å². The molecular formula is C15H33NO2. The number of piperidine rings is 1. The van der Waals surface area contributed by atoms with E-state index in [1.54, 1.807) is 0 Å². The molecule has 1 amide bonds. The van der Waals surface area contributed by atoms with Gasteiger partial charge in [0, 0.05) is 13.1 Å². The highest BCUT2D eigenvalue weighted by Gasteiger charge is 2.24. The summed E-state index contributed by atoms with van der Waals surface area (Å²) in [6, 6.07) is 0. The number of likely N-dealkylation sites (tertiary alicyclic amines) is 1. The van der Waals surface area contributed by atoms with Crippen molar-refractivity contribution < 1.29 is 9.53 Å². The van der Waals surface area contributed by atoms with Crippen molar-refractivity contribution in [2.75, 3.05) is 13.1 Å². The maximum atomic E-state index is 11.6. The molecule has 1 aliphatic heterocycles. The van der Waals surface area contributed by atoms with Crippen molar-refractivity contribution in [3.63, 3.8) is 0 Å². The van der Waals surface area contributed by atoms with E-state index in [0.717, 1.165) is 31.8 Å². The van der Waals surface area contributed by atoms with E-state index < -0.39 is 0 Å². The quantitative estimate of drug-likeness (QED) is 0.630. The van der Waals surface area contributed by atoms with Crippen LogP contribution in [-0.2, 0) is 4.74 Å². The molecule has 110 valence electrons. The lowest BCUT2D eigenvalue weighted by Crippen LogP contribution is -2.41. The third kappa shape index (κ3) is 9.32. The van der Waals surface area contributed by atoms with Gasteiger partial charge < -0.3 is 9.64 Å². The topological polar surface area (TPSA) is 29.5 Å². The predicted molar refractivity (Wildman–Crippen MR) is 78.9 cm³/mol. The molecule has 3 heteroatoms. The molecule has 0 atom stereocenters. The Hall–Kier alpha value is -0.730. The van der Waals surface area contributed by atoms with Gasteiger partial charge in [0.1, 0.15) is 5.60 Å². The van der Waals surface area contributed by atoms with E-state index in [9.17, 15) is 4.79 Å². The maximum absolute atomic E-state index is 11.6. The molecule has 0 spiro atoms. The van der Waals surface area contributed by atoms with Gasteiger partial charge >= 0.3 is 6.09 Å². The molecular weight excluding hydrogens is 226 g/mol. The van der Waals surface area contributed by atoms with Crippen molar-refractivity contribution in [3.05, 3.63) is 0 Å². The van der Waals surface area contributed by atoms with Crippen molar-refractivity contribution in [1.29, 1.82) is 0 Å². The van der Waals surface area contributed by atoms with Crippen molar-refractivity contribution in [3.8, 4) is 0 Å². The van der Waals surface area contributed by atoms with E-state index in [-0.39, 0.29) is 11.7 Å². The lowest BCUT2D eigenvalue weighted by atomic mass is 10.00. The second kappa shape index (κ2) is 10.2. The molecule has 0 saturated carbocycles. The minimum atomic E-state index is -0.375. The number of hydrogen-bond donors (Lipinski definition) is 0. The number of rotatable bonds is 0. The van der Waals surface area contributed by atoms with Gasteiger partial charge in [0.2, 0.25) is 0 Å². The van der Waals surface area contributed by atoms with Gasteiger partial charge in [0.05, 0.1) is 0 Å². The minimum Gasteiger partial charge on any atom is -0.444 e. The lowest BCUT2D eigenvalue weighted by molar-refractivity contribution is 0.0190. The summed E-state index contributed by atoms with van der Waals surface area (Å²) in [5, 5.41) is 0. The molecule has 18 heavy (non-hydrogen) atoms. The van der Waals surface area contributed by atoms with Crippen LogP contribution in [0.25, 0.3) is 0 Å². The highest BCUT2D eigenvalue weighted by atomic mass is 16.6. The molecule has 0 bridgehead atoms. The zero-order chi connectivity index (χ0) is 14.8. The van der Waals surface area contributed by atoms with Gasteiger partial charge in [0.15, 0.2) is 0 Å². The first-order chi connectivity index (χ1) is 8.38. The monoisotopic (exact) mass is 259 g/mol. The predicted octanol–water partition coefficient (Wildman–Crippen LogP) is 4.71. The van der Waals surface area contributed by atoms with E-state index in [4.69, 9.17) is 4.74 Å². The van der Waals surface area contributed by atoms with Gasteiger partial charge in [-0.25, -0.2) is 4.79 Å². The maximum Gasteiger partial charge on any atom is 0.410 e. The van der Waals surface area contributed by atoms with E-state index in [0.29, 0.717) is 0 Å². The van der Waals surface area contributed by atoms with Gasteiger partial charge in [-0.15, -0.1) is 0 Å². The van der Waals surface area contributed by atoms with Crippen molar-refractivity contribution in [1.82, 2.24) is 4.90 Å². The molecule has 1 heterocycles. The van der Waals surface area contributed by atoms with Crippen LogP contribution >= 0.6 is 0 Å². The first kappa shape index (κ1) is 19.6. The highest BCUT2D eigenvalue weighted by Crippen LogP contribution is 2.18. The first-order valence-corrected chi connectivity index (χ1v) is 7.36. The molecule has 1 aliphatic rings. The summed E-state index contributed by atoms with van der Waals surface area (Å²) in [6.45, 7) is 17.6. The normalized spacial score (nSPS) is 15.9. The molecule has 0 aromatic rings. The SMILES string of the molecule is CC.CC.CC1CCN(C(=O)OC(C)(C)C)CC1. The Morgan fingerprint density at radius 2 is 1.44 bits per heavy atom. The number of carbonyl (C=O) groups excluding carboxylic acids is 1. The summed E-state index contributed by atoms with van der Waals surface area (Å²) in [5.41, 5.74) is -0.375. The summed E-state index contributed by atoms with van der Waals surface area (Å²) in [5.74, 6) is 0.744. The van der Waals surface area contributed by atoms with Crippen LogP contribution in [0, 0.1) is 5.92 Å². The Morgan fingerprint density at radius 3 is 1.78 bits per heavy atom. The molecule has 1 rings (SSSR count). The minimum absolute atomic E-state index is 0.163. The van der Waals surface area contributed by atoms with Gasteiger partial charge in [-0.1, -0.05) is 34.6 Å². The molecule has 1 saturated heterocycles. The van der Waals surface area contributed by atoms with Crippen molar-refractivity contribution in [2.24, 2.45) is 5.92 Å². The van der Waals surface area contributed by atoms with Crippen LogP contribution in [0.15, 0.2) is 0 Å². The van der Waals surface area contributed by atoms with E-state index in [2.05, 4.69) is 6.92 Å². The Balaban J connectivity index is 0. The highest BCUT2D eigenvalue weighted by molar-refractivity contribution is 5.68. The zero-order valence-corrected chi connectivity index (χ0v) is 13.7. The summed E-state index contributed by atoms with van der Waals surface area (Å²) in [6.07, 6.45) is 2.03. The van der Waals surface area contributed by atoms with E-state index >= 15 is 0 Å². The zero-order valence-electron chi connectivity index (χ0n) is 13.7. The molecule has 0 radical (unpaired) electrons. The number of amides is 1. The number of ether oxygens (including phenoxy) is 1. The van der Waals surface area contributed by atoms with Crippen molar-refractivity contribution >= 4 is 6.09 Å². The molecule has 0 N–H and O–H groups in total. The Bertz CT molecular complexity index is 201. The Labute approximate surface area is 114 Å². The largest absolute Gasteiger partial charge is 0.444 e. The third-order valence-corrected chi connectivity index (χ3v) is 2.44. The average Bonchev–Trinajstić information content (AvgIpc) is 2.33. The van der Waals surface area contributed by atoms with Crippen LogP contribution in [-0.4, -0.2) is 29.7 Å². The van der Waals surface area contributed by atoms with E-state index in [1.165, 1.54) is 0 Å². The first-order valence-electron chi connectivity index (χ1n) is 7.36. The van der Waals surface area contributed by atoms with E-state index in [1.807, 2.05) is 53.4 Å². The molecule has 0 unspecified atom stereocenters. The van der Waals surface area contributed by atoms with Crippen LogP contribution in [0.5, 0.6) is 0 Å². The third-order valence-electron chi connectivity index (χ3n) is 2.44. The van der Waals surface area contributed by atoms with Crippen LogP contribution in [0.2, 0.25) is 0 Å². The number of nitrogens with zero attached hydrogens (tertiary/aromatic N) is 1. The molecule has 0 aromatic heterocycles. The molecule has 1 fully saturated rings. The fourth-order valence-corrected chi connectivity index (χ4v) is 1.52. The van der Waals surface area contributed by atoms with Gasteiger partial charge in [-0.2, -0.15) is 0 Å². The summed E-state index contributed by atoms with van der Waals surface area (Å²) < 4.78 is 5.30. The number of carbonyl (C=O) groups is 1. The summed E-state index contributed by atoms with van der Waals surface area (Å²) in [4.78, 5) is 13.4. The van der Waals surface area contributed by atoms with Crippen LogP contribution in [0.4, 0.5) is 4.79 Å². The fourth-order valence-electron chi connectivity index (χ4n) is 1.52. The van der Waals surface area contributed by atoms with Gasteiger partial charge in [0.25, 0.3) is 0 Å². The van der Waals surface area contributed by atoms with Crippen molar-refractivity contribution in [2.45, 2.75) is 73.8 Å². The summed E-state index contributed by atoms with van der Waals surface area (Å²) in [7, 11) is 0. The fraction of sp³-hybridized carbons (Fsp3) is 0.933. The average molecular weight is 259 g/mol. The smallest absolute Gasteiger partial charge is 0.410 e. The number of hydrogen-bond acceptors (Lipinski definition) is 2. The van der Waals surface area contributed by atoms with Crippen LogP contribution in [0.1, 0.15) is 68.2 Å². The Kier molecular flexibility index (Phi) is 11.1. The standard InChI is InChI=1S/C11H21NO2.2C2H6/c1-9-5-7-12(8-6-9)10(13)14-11(2,3)4;2*1-2/h9H,5-8H2,1-4H3;2*1-2H3. The van der Waals surface area contributed by atoms with Gasteiger partial charge in [-0.05, 0) is 39.5 Å². The molecule has 0 aliphatic carbocycles.